The summed E-state index contributed by atoms with van der Waals surface area (Å²) in [4.78, 5) is 4.66. The lowest BCUT2D eigenvalue weighted by Gasteiger charge is -2.37. The number of rotatable bonds is 5. The molecule has 1 aliphatic heterocycles. The van der Waals surface area contributed by atoms with Crippen molar-refractivity contribution in [2.24, 2.45) is 0 Å². The lowest BCUT2D eigenvalue weighted by atomic mass is 9.82. The van der Waals surface area contributed by atoms with Crippen LogP contribution in [0.4, 0.5) is 11.4 Å². The molecule has 1 unspecified atom stereocenters. The van der Waals surface area contributed by atoms with Gasteiger partial charge < -0.3 is 9.80 Å². The fourth-order valence-electron chi connectivity index (χ4n) is 3.64. The van der Waals surface area contributed by atoms with E-state index in [1.807, 2.05) is 6.07 Å². The Morgan fingerprint density at radius 3 is 2.52 bits per heavy atom. The van der Waals surface area contributed by atoms with Crippen LogP contribution in [0.3, 0.4) is 0 Å². The maximum atomic E-state index is 6.32. The third-order valence-electron chi connectivity index (χ3n) is 4.67. The van der Waals surface area contributed by atoms with Gasteiger partial charge in [0.15, 0.2) is 0 Å². The summed E-state index contributed by atoms with van der Waals surface area (Å²) in [5.74, 6) is 0.433. The summed E-state index contributed by atoms with van der Waals surface area (Å²) in [5.41, 5.74) is 5.46. The van der Waals surface area contributed by atoms with Crippen molar-refractivity contribution in [3.63, 3.8) is 0 Å². The molecule has 1 heterocycles. The Morgan fingerprint density at radius 1 is 1.04 bits per heavy atom. The van der Waals surface area contributed by atoms with Gasteiger partial charge in [-0.2, -0.15) is 0 Å². The number of anilines is 2. The Hall–Kier alpha value is -1.51. The van der Waals surface area contributed by atoms with Crippen molar-refractivity contribution in [3.8, 4) is 0 Å². The molecule has 0 aromatic heterocycles. The van der Waals surface area contributed by atoms with Crippen LogP contribution in [0.25, 0.3) is 0 Å². The number of halogens is 1. The molecule has 0 fully saturated rings. The Bertz CT molecular complexity index is 681. The molecular formula is C20H25ClN2. The zero-order valence-corrected chi connectivity index (χ0v) is 15.0. The van der Waals surface area contributed by atoms with E-state index in [0.29, 0.717) is 5.92 Å². The molecular weight excluding hydrogens is 304 g/mol. The normalized spacial score (nSPS) is 16.4. The number of benzene rings is 2. The summed E-state index contributed by atoms with van der Waals surface area (Å²) in [6.07, 6.45) is 2.34. The van der Waals surface area contributed by atoms with Gasteiger partial charge in [0.25, 0.3) is 0 Å². The molecule has 0 saturated carbocycles. The van der Waals surface area contributed by atoms with Gasteiger partial charge in [-0.15, -0.1) is 0 Å². The molecule has 0 amide bonds. The summed E-state index contributed by atoms with van der Waals surface area (Å²) in [5, 5.41) is 0.830. The Morgan fingerprint density at radius 2 is 1.78 bits per heavy atom. The molecule has 0 saturated heterocycles. The van der Waals surface area contributed by atoms with Crippen molar-refractivity contribution in [1.82, 2.24) is 4.90 Å². The Kier molecular flexibility index (Phi) is 4.93. The maximum Gasteiger partial charge on any atom is 0.0450 e. The SMILES string of the molecule is CCN1c2ccccc2C(CCCN(C)C)c2cc(Cl)ccc21. The van der Waals surface area contributed by atoms with Gasteiger partial charge in [0.2, 0.25) is 0 Å². The van der Waals surface area contributed by atoms with Gasteiger partial charge in [0.1, 0.15) is 0 Å². The van der Waals surface area contributed by atoms with Gasteiger partial charge in [-0.05, 0) is 75.8 Å². The fraction of sp³-hybridized carbons (Fsp3) is 0.400. The number of fused-ring (bicyclic) bond motifs is 2. The van der Waals surface area contributed by atoms with Crippen LogP contribution in [0.1, 0.15) is 36.8 Å². The van der Waals surface area contributed by atoms with E-state index >= 15 is 0 Å². The highest BCUT2D eigenvalue weighted by Crippen LogP contribution is 2.47. The lowest BCUT2D eigenvalue weighted by molar-refractivity contribution is 0.389. The molecule has 3 rings (SSSR count). The van der Waals surface area contributed by atoms with Crippen molar-refractivity contribution in [3.05, 3.63) is 58.6 Å². The second-order valence-corrected chi connectivity index (χ2v) is 6.94. The highest BCUT2D eigenvalue weighted by Gasteiger charge is 2.29. The molecule has 0 spiro atoms. The summed E-state index contributed by atoms with van der Waals surface area (Å²) in [6.45, 7) is 4.30. The summed E-state index contributed by atoms with van der Waals surface area (Å²) >= 11 is 6.32. The fourth-order valence-corrected chi connectivity index (χ4v) is 3.82. The number of nitrogens with zero attached hydrogens (tertiary/aromatic N) is 2. The second kappa shape index (κ2) is 6.94. The smallest absolute Gasteiger partial charge is 0.0450 e. The third kappa shape index (κ3) is 3.24. The first kappa shape index (κ1) is 16.4. The van der Waals surface area contributed by atoms with Crippen molar-refractivity contribution in [2.75, 3.05) is 32.1 Å². The van der Waals surface area contributed by atoms with Crippen LogP contribution in [-0.2, 0) is 0 Å². The van der Waals surface area contributed by atoms with Crippen molar-refractivity contribution >= 4 is 23.0 Å². The summed E-state index contributed by atoms with van der Waals surface area (Å²) in [6, 6.07) is 15.2. The summed E-state index contributed by atoms with van der Waals surface area (Å²) in [7, 11) is 4.27. The zero-order valence-electron chi connectivity index (χ0n) is 14.2. The van der Waals surface area contributed by atoms with Gasteiger partial charge >= 0.3 is 0 Å². The topological polar surface area (TPSA) is 6.48 Å². The van der Waals surface area contributed by atoms with Gasteiger partial charge in [-0.3, -0.25) is 0 Å². The maximum absolute atomic E-state index is 6.32. The molecule has 0 radical (unpaired) electrons. The van der Waals surface area contributed by atoms with Crippen molar-refractivity contribution in [2.45, 2.75) is 25.7 Å². The van der Waals surface area contributed by atoms with Gasteiger partial charge in [0.05, 0.1) is 0 Å². The summed E-state index contributed by atoms with van der Waals surface area (Å²) < 4.78 is 0. The van der Waals surface area contributed by atoms with E-state index in [1.165, 1.54) is 28.9 Å². The number of hydrogen-bond donors (Lipinski definition) is 0. The van der Waals surface area contributed by atoms with Crippen molar-refractivity contribution in [1.29, 1.82) is 0 Å². The first-order valence-corrected chi connectivity index (χ1v) is 8.80. The highest BCUT2D eigenvalue weighted by atomic mass is 35.5. The predicted molar refractivity (Wildman–Crippen MR) is 100 cm³/mol. The minimum Gasteiger partial charge on any atom is -0.341 e. The van der Waals surface area contributed by atoms with Crippen LogP contribution in [0.2, 0.25) is 5.02 Å². The third-order valence-corrected chi connectivity index (χ3v) is 4.91. The molecule has 2 aromatic rings. The van der Waals surface area contributed by atoms with Gasteiger partial charge in [-0.1, -0.05) is 29.8 Å². The monoisotopic (exact) mass is 328 g/mol. The van der Waals surface area contributed by atoms with Crippen LogP contribution in [-0.4, -0.2) is 32.1 Å². The Labute approximate surface area is 144 Å². The second-order valence-electron chi connectivity index (χ2n) is 6.50. The van der Waals surface area contributed by atoms with Crippen LogP contribution >= 0.6 is 11.6 Å². The quantitative estimate of drug-likeness (QED) is 0.736. The highest BCUT2D eigenvalue weighted by molar-refractivity contribution is 6.30. The molecule has 122 valence electrons. The van der Waals surface area contributed by atoms with E-state index in [0.717, 1.165) is 24.5 Å². The molecule has 1 aliphatic rings. The van der Waals surface area contributed by atoms with Crippen LogP contribution in [0, 0.1) is 0 Å². The molecule has 0 N–H and O–H groups in total. The predicted octanol–water partition coefficient (Wildman–Crippen LogP) is 5.29. The number of para-hydroxylation sites is 1. The van der Waals surface area contributed by atoms with E-state index in [9.17, 15) is 0 Å². The Balaban J connectivity index is 2.03. The molecule has 2 nitrogen and oxygen atoms in total. The largest absolute Gasteiger partial charge is 0.341 e. The number of hydrogen-bond acceptors (Lipinski definition) is 2. The average Bonchev–Trinajstić information content (AvgIpc) is 2.54. The molecule has 2 aromatic carbocycles. The standard InChI is InChI=1S/C20H25ClN2/c1-4-23-19-10-6-5-8-17(19)16(9-7-13-22(2)3)18-14-15(21)11-12-20(18)23/h5-6,8,10-12,14,16H,4,7,9,13H2,1-3H3. The van der Waals surface area contributed by atoms with E-state index in [2.05, 4.69) is 67.2 Å². The van der Waals surface area contributed by atoms with E-state index in [4.69, 9.17) is 11.6 Å². The lowest BCUT2D eigenvalue weighted by Crippen LogP contribution is -2.25. The first-order valence-electron chi connectivity index (χ1n) is 8.42. The molecule has 3 heteroatoms. The average molecular weight is 329 g/mol. The molecule has 1 atom stereocenters. The van der Waals surface area contributed by atoms with Crippen molar-refractivity contribution < 1.29 is 0 Å². The zero-order chi connectivity index (χ0) is 16.4. The van der Waals surface area contributed by atoms with E-state index in [1.54, 1.807) is 0 Å². The van der Waals surface area contributed by atoms with E-state index in [-0.39, 0.29) is 0 Å². The molecule has 0 aliphatic carbocycles. The molecule has 0 bridgehead atoms. The van der Waals surface area contributed by atoms with Gasteiger partial charge in [0, 0.05) is 28.9 Å². The van der Waals surface area contributed by atoms with Crippen LogP contribution in [0.5, 0.6) is 0 Å². The van der Waals surface area contributed by atoms with Gasteiger partial charge in [-0.25, -0.2) is 0 Å². The van der Waals surface area contributed by atoms with Crippen LogP contribution in [0.15, 0.2) is 42.5 Å². The van der Waals surface area contributed by atoms with Crippen LogP contribution < -0.4 is 4.90 Å². The first-order chi connectivity index (χ1) is 11.1. The minimum absolute atomic E-state index is 0.433. The van der Waals surface area contributed by atoms with E-state index < -0.39 is 0 Å². The minimum atomic E-state index is 0.433. The molecule has 23 heavy (non-hydrogen) atoms.